The fourth-order valence-electron chi connectivity index (χ4n) is 5.77. The maximum absolute atomic E-state index is 13.8. The van der Waals surface area contributed by atoms with Gasteiger partial charge in [0.15, 0.2) is 0 Å². The summed E-state index contributed by atoms with van der Waals surface area (Å²) in [6.45, 7) is 2.96. The third-order valence-electron chi connectivity index (χ3n) is 7.94. The van der Waals surface area contributed by atoms with Crippen LogP contribution in [0.5, 0.6) is 11.6 Å². The molecule has 6 rings (SSSR count). The molecule has 1 atom stereocenters. The summed E-state index contributed by atoms with van der Waals surface area (Å²) in [7, 11) is 0. The Bertz CT molecular complexity index is 1520. The maximum Gasteiger partial charge on any atom is 0.335 e. The Balaban J connectivity index is 1.08. The first kappa shape index (κ1) is 27.4. The van der Waals surface area contributed by atoms with Crippen molar-refractivity contribution in [3.8, 4) is 11.6 Å². The second-order valence-corrected chi connectivity index (χ2v) is 10.6. The van der Waals surface area contributed by atoms with E-state index in [9.17, 15) is 14.0 Å². The summed E-state index contributed by atoms with van der Waals surface area (Å²) in [5.41, 5.74) is 3.07. The Morgan fingerprint density at radius 3 is 2.29 bits per heavy atom. The van der Waals surface area contributed by atoms with Gasteiger partial charge in [0, 0.05) is 43.6 Å². The van der Waals surface area contributed by atoms with E-state index in [1.165, 1.54) is 24.3 Å². The first-order valence-electron chi connectivity index (χ1n) is 14.0. The van der Waals surface area contributed by atoms with Crippen LogP contribution >= 0.6 is 0 Å². The van der Waals surface area contributed by atoms with Gasteiger partial charge < -0.3 is 14.7 Å². The number of hydrogen-bond acceptors (Lipinski definition) is 5. The molecule has 1 N–H and O–H groups in total. The van der Waals surface area contributed by atoms with Gasteiger partial charge >= 0.3 is 12.0 Å². The number of urea groups is 1. The van der Waals surface area contributed by atoms with E-state index in [4.69, 9.17) is 9.84 Å². The first-order valence-corrected chi connectivity index (χ1v) is 14.0. The number of carboxylic acids is 1. The normalized spacial score (nSPS) is 17.9. The molecule has 8 nitrogen and oxygen atoms in total. The lowest BCUT2D eigenvalue weighted by Gasteiger charge is -2.39. The summed E-state index contributed by atoms with van der Waals surface area (Å²) >= 11 is 0. The number of aromatic carboxylic acids is 1. The summed E-state index contributed by atoms with van der Waals surface area (Å²) in [5, 5.41) is 9.05. The van der Waals surface area contributed by atoms with Gasteiger partial charge in [0.05, 0.1) is 18.2 Å². The van der Waals surface area contributed by atoms with Crippen molar-refractivity contribution in [1.82, 2.24) is 14.8 Å². The van der Waals surface area contributed by atoms with Crippen LogP contribution in [0.25, 0.3) is 0 Å². The Labute approximate surface area is 243 Å². The van der Waals surface area contributed by atoms with E-state index in [2.05, 4.69) is 22.0 Å². The van der Waals surface area contributed by atoms with Crippen LogP contribution in [-0.4, -0.2) is 57.6 Å². The highest BCUT2D eigenvalue weighted by Gasteiger charge is 2.43. The number of carbonyl (C=O) groups is 2. The Kier molecular flexibility index (Phi) is 7.83. The van der Waals surface area contributed by atoms with E-state index in [1.54, 1.807) is 35.4 Å². The number of piperidine rings is 1. The van der Waals surface area contributed by atoms with Gasteiger partial charge in [-0.1, -0.05) is 36.4 Å². The molecule has 3 aromatic carbocycles. The average Bonchev–Trinajstić information content (AvgIpc) is 3.36. The van der Waals surface area contributed by atoms with Crippen molar-refractivity contribution in [2.75, 3.05) is 24.5 Å². The monoisotopic (exact) mass is 566 g/mol. The van der Waals surface area contributed by atoms with Gasteiger partial charge in [0.1, 0.15) is 11.6 Å². The third-order valence-corrected chi connectivity index (χ3v) is 7.94. The van der Waals surface area contributed by atoms with Gasteiger partial charge in [-0.25, -0.2) is 19.0 Å². The predicted molar refractivity (Wildman–Crippen MR) is 156 cm³/mol. The van der Waals surface area contributed by atoms with Crippen molar-refractivity contribution in [2.45, 2.75) is 31.5 Å². The quantitative estimate of drug-likeness (QED) is 0.267. The Hall–Kier alpha value is -4.76. The highest BCUT2D eigenvalue weighted by molar-refractivity contribution is 5.95. The topological polar surface area (TPSA) is 86.2 Å². The molecule has 214 valence electrons. The molecule has 0 saturated carbocycles. The van der Waals surface area contributed by atoms with Gasteiger partial charge in [-0.15, -0.1) is 0 Å². The summed E-state index contributed by atoms with van der Waals surface area (Å²) < 4.78 is 19.3. The van der Waals surface area contributed by atoms with Crippen molar-refractivity contribution >= 4 is 17.7 Å². The molecule has 1 aromatic heterocycles. The Morgan fingerprint density at radius 2 is 1.64 bits per heavy atom. The van der Waals surface area contributed by atoms with Crippen LogP contribution in [0.3, 0.4) is 0 Å². The molecule has 0 radical (unpaired) electrons. The minimum Gasteiger partial charge on any atom is -0.478 e. The number of carbonyl (C=O) groups excluding carboxylic acids is 1. The van der Waals surface area contributed by atoms with Gasteiger partial charge in [0.2, 0.25) is 5.88 Å². The van der Waals surface area contributed by atoms with Gasteiger partial charge in [0.25, 0.3) is 0 Å². The van der Waals surface area contributed by atoms with Crippen molar-refractivity contribution < 1.29 is 23.8 Å². The van der Waals surface area contributed by atoms with Crippen LogP contribution in [0, 0.1) is 5.82 Å². The number of rotatable bonds is 8. The summed E-state index contributed by atoms with van der Waals surface area (Å²) in [4.78, 5) is 35.4. The number of hydrogen-bond donors (Lipinski definition) is 1. The van der Waals surface area contributed by atoms with Crippen LogP contribution in [-0.2, 0) is 6.54 Å². The molecule has 0 aliphatic carbocycles. The smallest absolute Gasteiger partial charge is 0.335 e. The molecule has 4 aromatic rings. The molecule has 1 unspecified atom stereocenters. The Morgan fingerprint density at radius 1 is 0.929 bits per heavy atom. The standard InChI is InChI=1S/C33H31FN4O4/c34-26-9-11-27(12-10-26)37-22-30(24-4-2-1-3-5-24)38(33(37)41)28-16-18-36(19-17-28)21-23-6-15-31(35-20-23)42-29-13-7-25(8-14-29)32(39)40/h1-15,20,28,30H,16-19,21-22H2,(H,39,40). The minimum absolute atomic E-state index is 0.0358. The molecule has 2 aliphatic rings. The molecule has 42 heavy (non-hydrogen) atoms. The summed E-state index contributed by atoms with van der Waals surface area (Å²) in [6.07, 6.45) is 3.50. The molecule has 2 fully saturated rings. The number of nitrogens with zero attached hydrogens (tertiary/aromatic N) is 4. The molecular formula is C33H31FN4O4. The lowest BCUT2D eigenvalue weighted by atomic mass is 9.99. The molecule has 9 heteroatoms. The molecule has 0 bridgehead atoms. The van der Waals surface area contributed by atoms with E-state index in [0.717, 1.165) is 43.6 Å². The van der Waals surface area contributed by atoms with E-state index < -0.39 is 5.97 Å². The maximum atomic E-state index is 13.8. The number of likely N-dealkylation sites (tertiary alicyclic amines) is 1. The largest absolute Gasteiger partial charge is 0.478 e. The average molecular weight is 567 g/mol. The number of halogens is 1. The second-order valence-electron chi connectivity index (χ2n) is 10.6. The molecule has 2 saturated heterocycles. The number of ether oxygens (including phenoxy) is 1. The van der Waals surface area contributed by atoms with Gasteiger partial charge in [-0.05, 0) is 72.5 Å². The molecular weight excluding hydrogens is 535 g/mol. The van der Waals surface area contributed by atoms with Crippen molar-refractivity contribution in [3.05, 3.63) is 120 Å². The van der Waals surface area contributed by atoms with Crippen LogP contribution < -0.4 is 9.64 Å². The molecule has 0 spiro atoms. The van der Waals surface area contributed by atoms with E-state index in [0.29, 0.717) is 23.9 Å². The van der Waals surface area contributed by atoms with E-state index in [-0.39, 0.29) is 29.5 Å². The number of amides is 2. The van der Waals surface area contributed by atoms with Crippen LogP contribution in [0.15, 0.2) is 97.2 Å². The van der Waals surface area contributed by atoms with Gasteiger partial charge in [-0.2, -0.15) is 0 Å². The predicted octanol–water partition coefficient (Wildman–Crippen LogP) is 6.36. The van der Waals surface area contributed by atoms with Crippen LogP contribution in [0.1, 0.15) is 40.4 Å². The number of pyridine rings is 1. The summed E-state index contributed by atoms with van der Waals surface area (Å²) in [5.74, 6) is -0.349. The van der Waals surface area contributed by atoms with Crippen LogP contribution in [0.4, 0.5) is 14.9 Å². The molecule has 2 aliphatic heterocycles. The zero-order valence-electron chi connectivity index (χ0n) is 23.0. The minimum atomic E-state index is -0.983. The SMILES string of the molecule is O=C(O)c1ccc(Oc2ccc(CN3CCC(N4C(=O)N(c5ccc(F)cc5)CC4c4ccccc4)CC3)cn2)cc1. The number of carboxylic acid groups (broad SMARTS) is 1. The van der Waals surface area contributed by atoms with E-state index >= 15 is 0 Å². The molecule has 3 heterocycles. The first-order chi connectivity index (χ1) is 20.4. The van der Waals surface area contributed by atoms with Crippen molar-refractivity contribution in [1.29, 1.82) is 0 Å². The lowest BCUT2D eigenvalue weighted by molar-refractivity contribution is 0.0696. The summed E-state index contributed by atoms with van der Waals surface area (Å²) in [6, 6.07) is 26.2. The molecule has 2 amide bonds. The number of anilines is 1. The zero-order chi connectivity index (χ0) is 29.1. The zero-order valence-corrected chi connectivity index (χ0v) is 23.0. The second kappa shape index (κ2) is 12.0. The highest BCUT2D eigenvalue weighted by atomic mass is 19.1. The van der Waals surface area contributed by atoms with Crippen LogP contribution in [0.2, 0.25) is 0 Å². The third kappa shape index (κ3) is 5.96. The van der Waals surface area contributed by atoms with E-state index in [1.807, 2.05) is 35.2 Å². The fourth-order valence-corrected chi connectivity index (χ4v) is 5.77. The number of benzene rings is 3. The highest BCUT2D eigenvalue weighted by Crippen LogP contribution is 2.37. The number of aromatic nitrogens is 1. The fraction of sp³-hybridized carbons (Fsp3) is 0.242. The van der Waals surface area contributed by atoms with Crippen molar-refractivity contribution in [3.63, 3.8) is 0 Å². The van der Waals surface area contributed by atoms with Crippen molar-refractivity contribution in [2.24, 2.45) is 0 Å². The van der Waals surface area contributed by atoms with Gasteiger partial charge in [-0.3, -0.25) is 9.80 Å². The lowest BCUT2D eigenvalue weighted by Crippen LogP contribution is -2.47.